The molecule has 0 aliphatic carbocycles. The first-order valence-electron chi connectivity index (χ1n) is 13.5. The molecule has 0 saturated heterocycles. The average molecular weight is 425 g/mol. The number of allylic oxidation sites excluding steroid dienone is 2. The second kappa shape index (κ2) is 23.3. The maximum absolute atomic E-state index is 9.82. The number of aliphatic hydroxyl groups is 1. The summed E-state index contributed by atoms with van der Waals surface area (Å²) in [5.74, 6) is 0. The number of rotatable bonds is 23. The third-order valence-electron chi connectivity index (χ3n) is 6.14. The first kappa shape index (κ1) is 29.6. The van der Waals surface area contributed by atoms with Crippen LogP contribution in [0.3, 0.4) is 0 Å². The number of nitrogens with one attached hydrogen (secondary N) is 2. The molecule has 3 N–H and O–H groups in total. The highest BCUT2D eigenvalue weighted by Crippen LogP contribution is 2.10. The molecule has 0 fully saturated rings. The van der Waals surface area contributed by atoms with Crippen molar-refractivity contribution in [1.29, 1.82) is 0 Å². The molecule has 0 bridgehead atoms. The lowest BCUT2D eigenvalue weighted by atomic mass is 10.0. The Bertz CT molecular complexity index is 359. The Hall–Kier alpha value is -0.380. The zero-order valence-electron chi connectivity index (χ0n) is 21.1. The van der Waals surface area contributed by atoms with E-state index in [1.807, 2.05) is 6.92 Å². The van der Waals surface area contributed by atoms with E-state index in [1.165, 1.54) is 96.3 Å². The Balaban J connectivity index is 3.50. The maximum Gasteiger partial charge on any atom is 0.104 e. The van der Waals surface area contributed by atoms with Crippen molar-refractivity contribution in [1.82, 2.24) is 10.6 Å². The molecule has 0 heterocycles. The molecule has 30 heavy (non-hydrogen) atoms. The highest BCUT2D eigenvalue weighted by Gasteiger charge is 2.17. The molecular weight excluding hydrogens is 368 g/mol. The van der Waals surface area contributed by atoms with Gasteiger partial charge >= 0.3 is 0 Å². The summed E-state index contributed by atoms with van der Waals surface area (Å²) < 4.78 is 0. The standard InChI is InChI=1S/C27H56N2O/c1-5-8-9-10-11-12-13-14-15-16-17-18-19-20-21-22-24-28-26(23-6-2)25(4)29-27(30)7-3/h14-15,25-30H,5-13,16-24H2,1-4H3/b15-14-. The minimum Gasteiger partial charge on any atom is -0.379 e. The van der Waals surface area contributed by atoms with E-state index in [2.05, 4.69) is 43.6 Å². The van der Waals surface area contributed by atoms with Crippen molar-refractivity contribution in [3.8, 4) is 0 Å². The quantitative estimate of drug-likeness (QED) is 0.0904. The highest BCUT2D eigenvalue weighted by atomic mass is 16.3. The zero-order chi connectivity index (χ0) is 22.3. The van der Waals surface area contributed by atoms with Gasteiger partial charge in [0.2, 0.25) is 0 Å². The first-order chi connectivity index (χ1) is 14.7. The second-order valence-electron chi connectivity index (χ2n) is 9.17. The fourth-order valence-corrected chi connectivity index (χ4v) is 4.04. The lowest BCUT2D eigenvalue weighted by molar-refractivity contribution is 0.111. The Morgan fingerprint density at radius 1 is 0.700 bits per heavy atom. The van der Waals surface area contributed by atoms with Crippen LogP contribution >= 0.6 is 0 Å². The number of aliphatic hydroxyl groups excluding tert-OH is 1. The molecule has 0 rings (SSSR count). The van der Waals surface area contributed by atoms with Crippen molar-refractivity contribution in [2.45, 2.75) is 155 Å². The lowest BCUT2D eigenvalue weighted by Crippen LogP contribution is -2.49. The minimum absolute atomic E-state index is 0.314. The predicted molar refractivity (Wildman–Crippen MR) is 135 cm³/mol. The average Bonchev–Trinajstić information content (AvgIpc) is 2.74. The van der Waals surface area contributed by atoms with E-state index in [9.17, 15) is 5.11 Å². The lowest BCUT2D eigenvalue weighted by Gasteiger charge is -2.28. The molecule has 0 spiro atoms. The van der Waals surface area contributed by atoms with Crippen LogP contribution in [0.2, 0.25) is 0 Å². The van der Waals surface area contributed by atoms with Gasteiger partial charge in [-0.15, -0.1) is 0 Å². The summed E-state index contributed by atoms with van der Waals surface area (Å²) in [7, 11) is 0. The predicted octanol–water partition coefficient (Wildman–Crippen LogP) is 7.49. The summed E-state index contributed by atoms with van der Waals surface area (Å²) in [6.45, 7) is 9.82. The van der Waals surface area contributed by atoms with Crippen molar-refractivity contribution < 1.29 is 5.11 Å². The van der Waals surface area contributed by atoms with Crippen LogP contribution in [0.15, 0.2) is 12.2 Å². The zero-order valence-corrected chi connectivity index (χ0v) is 21.1. The van der Waals surface area contributed by atoms with Crippen LogP contribution in [0.5, 0.6) is 0 Å². The van der Waals surface area contributed by atoms with Gasteiger partial charge in [-0.25, -0.2) is 0 Å². The molecule has 0 aromatic heterocycles. The van der Waals surface area contributed by atoms with E-state index in [-0.39, 0.29) is 6.23 Å². The molecule has 3 heteroatoms. The van der Waals surface area contributed by atoms with E-state index in [4.69, 9.17) is 0 Å². The van der Waals surface area contributed by atoms with Crippen molar-refractivity contribution >= 4 is 0 Å². The van der Waals surface area contributed by atoms with Crippen LogP contribution in [0, 0.1) is 0 Å². The number of hydrogen-bond acceptors (Lipinski definition) is 3. The summed E-state index contributed by atoms with van der Waals surface area (Å²) in [5, 5.41) is 16.8. The first-order valence-corrected chi connectivity index (χ1v) is 13.5. The molecule has 0 aromatic rings. The SMILES string of the molecule is CCCCCCCC/C=C\CCCCCCCCNC(CCC)C(C)NC(O)CC. The van der Waals surface area contributed by atoms with E-state index >= 15 is 0 Å². The Kier molecular flexibility index (Phi) is 23.0. The Labute approximate surface area is 189 Å². The number of unbranched alkanes of at least 4 members (excludes halogenated alkanes) is 12. The maximum atomic E-state index is 9.82. The van der Waals surface area contributed by atoms with E-state index in [0.717, 1.165) is 19.4 Å². The molecule has 0 saturated carbocycles. The van der Waals surface area contributed by atoms with Gasteiger partial charge in [-0.2, -0.15) is 0 Å². The molecule has 3 atom stereocenters. The molecule has 180 valence electrons. The van der Waals surface area contributed by atoms with Gasteiger partial charge in [0, 0.05) is 12.1 Å². The summed E-state index contributed by atoms with van der Waals surface area (Å²) in [5.41, 5.74) is 0. The third kappa shape index (κ3) is 19.6. The van der Waals surface area contributed by atoms with Crippen LogP contribution in [0.4, 0.5) is 0 Å². The molecule has 0 radical (unpaired) electrons. The van der Waals surface area contributed by atoms with Gasteiger partial charge in [0.25, 0.3) is 0 Å². The van der Waals surface area contributed by atoms with E-state index < -0.39 is 0 Å². The summed E-state index contributed by atoms with van der Waals surface area (Å²) in [6, 6.07) is 0.772. The van der Waals surface area contributed by atoms with Gasteiger partial charge in [-0.3, -0.25) is 5.32 Å². The molecule has 3 unspecified atom stereocenters. The topological polar surface area (TPSA) is 44.3 Å². The largest absolute Gasteiger partial charge is 0.379 e. The van der Waals surface area contributed by atoms with Crippen LogP contribution in [-0.2, 0) is 0 Å². The van der Waals surface area contributed by atoms with Gasteiger partial charge in [-0.1, -0.05) is 97.1 Å². The monoisotopic (exact) mass is 424 g/mol. The molecule has 0 aliphatic rings. The van der Waals surface area contributed by atoms with Crippen molar-refractivity contribution in [2.75, 3.05) is 6.54 Å². The molecule has 0 aromatic carbocycles. The van der Waals surface area contributed by atoms with Crippen LogP contribution in [0.25, 0.3) is 0 Å². The van der Waals surface area contributed by atoms with Crippen LogP contribution in [0.1, 0.15) is 137 Å². The third-order valence-corrected chi connectivity index (χ3v) is 6.14. The fourth-order valence-electron chi connectivity index (χ4n) is 4.04. The van der Waals surface area contributed by atoms with Gasteiger partial charge in [0.05, 0.1) is 0 Å². The summed E-state index contributed by atoms with van der Waals surface area (Å²) in [6.07, 6.45) is 26.6. The minimum atomic E-state index is -0.383. The normalized spacial score (nSPS) is 15.0. The molecule has 0 aliphatic heterocycles. The van der Waals surface area contributed by atoms with Crippen molar-refractivity contribution in [2.24, 2.45) is 0 Å². The Morgan fingerprint density at radius 3 is 1.77 bits per heavy atom. The van der Waals surface area contributed by atoms with Crippen LogP contribution in [-0.4, -0.2) is 30.0 Å². The van der Waals surface area contributed by atoms with Gasteiger partial charge in [0.15, 0.2) is 0 Å². The van der Waals surface area contributed by atoms with Gasteiger partial charge in [-0.05, 0) is 58.4 Å². The molecular formula is C27H56N2O. The van der Waals surface area contributed by atoms with E-state index in [1.54, 1.807) is 0 Å². The fraction of sp³-hybridized carbons (Fsp3) is 0.926. The molecule has 3 nitrogen and oxygen atoms in total. The van der Waals surface area contributed by atoms with Crippen LogP contribution < -0.4 is 10.6 Å². The smallest absolute Gasteiger partial charge is 0.104 e. The highest BCUT2D eigenvalue weighted by molar-refractivity contribution is 4.81. The summed E-state index contributed by atoms with van der Waals surface area (Å²) in [4.78, 5) is 0. The van der Waals surface area contributed by atoms with E-state index in [0.29, 0.717) is 12.1 Å². The number of hydrogen-bond donors (Lipinski definition) is 3. The second-order valence-corrected chi connectivity index (χ2v) is 9.17. The Morgan fingerprint density at radius 2 is 1.23 bits per heavy atom. The van der Waals surface area contributed by atoms with Gasteiger partial charge in [0.1, 0.15) is 6.23 Å². The summed E-state index contributed by atoms with van der Waals surface area (Å²) >= 11 is 0. The molecule has 0 amide bonds. The van der Waals surface area contributed by atoms with Crippen molar-refractivity contribution in [3.63, 3.8) is 0 Å². The van der Waals surface area contributed by atoms with Crippen molar-refractivity contribution in [3.05, 3.63) is 12.2 Å². The van der Waals surface area contributed by atoms with Gasteiger partial charge < -0.3 is 10.4 Å².